The van der Waals surface area contributed by atoms with Crippen molar-refractivity contribution in [2.45, 2.75) is 0 Å². The first-order chi connectivity index (χ1) is 4.47. The summed E-state index contributed by atoms with van der Waals surface area (Å²) in [5.74, 6) is 0. The van der Waals surface area contributed by atoms with Crippen molar-refractivity contribution < 1.29 is 0 Å². The van der Waals surface area contributed by atoms with Crippen molar-refractivity contribution in [2.24, 2.45) is 0 Å². The Kier molecular flexibility index (Phi) is 1.87. The summed E-state index contributed by atoms with van der Waals surface area (Å²) >= 11 is 0. The highest BCUT2D eigenvalue weighted by molar-refractivity contribution is 5.85. The quantitative estimate of drug-likeness (QED) is 0.625. The van der Waals surface area contributed by atoms with Crippen LogP contribution in [-0.4, -0.2) is 15.4 Å². The minimum absolute atomic E-state index is 0. The Morgan fingerprint density at radius 3 is 2.80 bits per heavy atom. The predicted octanol–water partition coefficient (Wildman–Crippen LogP) is 1.38. The summed E-state index contributed by atoms with van der Waals surface area (Å²) in [6.07, 6.45) is 0. The van der Waals surface area contributed by atoms with Crippen molar-refractivity contribution in [3.63, 3.8) is 0 Å². The van der Waals surface area contributed by atoms with E-state index in [0.29, 0.717) is 0 Å². The van der Waals surface area contributed by atoms with Crippen molar-refractivity contribution in [1.82, 2.24) is 15.4 Å². The molecule has 0 spiro atoms. The number of rotatable bonds is 0. The van der Waals surface area contributed by atoms with E-state index in [1.807, 2.05) is 24.3 Å². The number of aromatic nitrogens is 3. The molecule has 4 heteroatoms. The fraction of sp³-hybridized carbons (Fsp3) is 0. The molecular weight excluding hydrogens is 150 g/mol. The highest BCUT2D eigenvalue weighted by atomic mass is 35.5. The Balaban J connectivity index is 0.000000500. The molecule has 0 aliphatic carbocycles. The van der Waals surface area contributed by atoms with Gasteiger partial charge < -0.3 is 0 Å². The van der Waals surface area contributed by atoms with E-state index in [4.69, 9.17) is 0 Å². The van der Waals surface area contributed by atoms with E-state index in [9.17, 15) is 0 Å². The second-order valence-corrected chi connectivity index (χ2v) is 1.83. The van der Waals surface area contributed by atoms with Crippen LogP contribution in [0.5, 0.6) is 0 Å². The van der Waals surface area contributed by atoms with Gasteiger partial charge in [-0.05, 0) is 12.1 Å². The lowest BCUT2D eigenvalue weighted by atomic mass is 10.3. The van der Waals surface area contributed by atoms with Crippen LogP contribution in [0.3, 0.4) is 0 Å². The second-order valence-electron chi connectivity index (χ2n) is 1.83. The normalized spacial score (nSPS) is 9.20. The average Bonchev–Trinajstić information content (AvgIpc) is 2.33. The molecule has 0 atom stereocenters. The lowest BCUT2D eigenvalue weighted by Gasteiger charge is -1.79. The number of aromatic amines is 1. The van der Waals surface area contributed by atoms with Crippen LogP contribution in [0.2, 0.25) is 0 Å². The number of benzene rings is 1. The van der Waals surface area contributed by atoms with Crippen molar-refractivity contribution in [2.75, 3.05) is 0 Å². The molecule has 0 amide bonds. The molecule has 52 valence electrons. The van der Waals surface area contributed by atoms with E-state index < -0.39 is 0 Å². The highest BCUT2D eigenvalue weighted by Crippen LogP contribution is 2.03. The zero-order valence-corrected chi connectivity index (χ0v) is 5.93. The van der Waals surface area contributed by atoms with Gasteiger partial charge in [0.1, 0.15) is 5.52 Å². The Hall–Kier alpha value is -1.09. The molecule has 0 unspecified atom stereocenters. The molecule has 0 aliphatic rings. The zero-order chi connectivity index (χ0) is 6.10. The molecule has 1 aromatic carbocycles. The smallest absolute Gasteiger partial charge is 0.112 e. The first-order valence-electron chi connectivity index (χ1n) is 2.72. The van der Waals surface area contributed by atoms with Crippen molar-refractivity contribution >= 4 is 23.4 Å². The second kappa shape index (κ2) is 2.66. The van der Waals surface area contributed by atoms with Gasteiger partial charge in [0.15, 0.2) is 0 Å². The van der Waals surface area contributed by atoms with E-state index in [1.54, 1.807) is 0 Å². The number of nitrogens with zero attached hydrogens (tertiary/aromatic N) is 2. The topological polar surface area (TPSA) is 41.6 Å². The molecule has 0 radical (unpaired) electrons. The van der Waals surface area contributed by atoms with Gasteiger partial charge in [-0.3, -0.25) is 5.10 Å². The zero-order valence-electron chi connectivity index (χ0n) is 5.11. The molecule has 1 N–H and O–H groups in total. The van der Waals surface area contributed by atoms with E-state index >= 15 is 0 Å². The van der Waals surface area contributed by atoms with Gasteiger partial charge in [0.25, 0.3) is 0 Å². The van der Waals surface area contributed by atoms with Gasteiger partial charge in [0, 0.05) is 0 Å². The largest absolute Gasteiger partial charge is 0.258 e. The number of fused-ring (bicyclic) bond motifs is 1. The van der Waals surface area contributed by atoms with Crippen molar-refractivity contribution in [1.29, 1.82) is 0 Å². The van der Waals surface area contributed by atoms with Crippen molar-refractivity contribution in [3.8, 4) is 0 Å². The van der Waals surface area contributed by atoms with E-state index in [0.717, 1.165) is 11.0 Å². The summed E-state index contributed by atoms with van der Waals surface area (Å²) in [7, 11) is 0. The van der Waals surface area contributed by atoms with E-state index in [2.05, 4.69) is 15.4 Å². The molecule has 10 heavy (non-hydrogen) atoms. The van der Waals surface area contributed by atoms with Crippen LogP contribution in [0, 0.1) is 0 Å². The van der Waals surface area contributed by atoms with E-state index in [-0.39, 0.29) is 12.4 Å². The maximum atomic E-state index is 3.81. The molecule has 0 aliphatic heterocycles. The minimum Gasteiger partial charge on any atom is -0.258 e. The highest BCUT2D eigenvalue weighted by Gasteiger charge is 1.90. The molecule has 0 saturated heterocycles. The third kappa shape index (κ3) is 0.953. The molecular formula is C6H6ClN3. The van der Waals surface area contributed by atoms with Crippen LogP contribution < -0.4 is 0 Å². The summed E-state index contributed by atoms with van der Waals surface area (Å²) < 4.78 is 0. The van der Waals surface area contributed by atoms with Crippen LogP contribution in [0.4, 0.5) is 0 Å². The molecule has 1 heterocycles. The molecule has 0 fully saturated rings. The molecule has 0 bridgehead atoms. The maximum absolute atomic E-state index is 3.81. The number of hydrogen-bond donors (Lipinski definition) is 1. The summed E-state index contributed by atoms with van der Waals surface area (Å²) in [4.78, 5) is 0. The fourth-order valence-electron chi connectivity index (χ4n) is 0.788. The number of halogens is 1. The van der Waals surface area contributed by atoms with E-state index in [1.165, 1.54) is 0 Å². The first-order valence-corrected chi connectivity index (χ1v) is 2.72. The van der Waals surface area contributed by atoms with Crippen molar-refractivity contribution in [3.05, 3.63) is 24.3 Å². The number of para-hydroxylation sites is 1. The standard InChI is InChI=1S/C6H5N3.ClH/c1-2-4-6-5(3-1)7-9-8-6;/h1-4H,(H,7,8,9);1H. The number of nitrogens with one attached hydrogen (secondary N) is 1. The third-order valence-corrected chi connectivity index (χ3v) is 1.23. The summed E-state index contributed by atoms with van der Waals surface area (Å²) in [5.41, 5.74) is 1.90. The molecule has 3 nitrogen and oxygen atoms in total. The lowest BCUT2D eigenvalue weighted by molar-refractivity contribution is 0.959. The predicted molar refractivity (Wildman–Crippen MR) is 41.1 cm³/mol. The first kappa shape index (κ1) is 7.02. The van der Waals surface area contributed by atoms with Gasteiger partial charge in [-0.25, -0.2) is 0 Å². The molecule has 2 rings (SSSR count). The van der Waals surface area contributed by atoms with Gasteiger partial charge in [0.2, 0.25) is 0 Å². The summed E-state index contributed by atoms with van der Waals surface area (Å²) in [6, 6.07) is 7.74. The molecule has 0 saturated carbocycles. The lowest BCUT2D eigenvalue weighted by Crippen LogP contribution is -1.63. The number of hydrogen-bond acceptors (Lipinski definition) is 2. The minimum atomic E-state index is 0. The fourth-order valence-corrected chi connectivity index (χ4v) is 0.788. The van der Waals surface area contributed by atoms with Crippen LogP contribution >= 0.6 is 12.4 Å². The Labute approximate surface area is 63.9 Å². The van der Waals surface area contributed by atoms with Gasteiger partial charge in [-0.2, -0.15) is 0 Å². The SMILES string of the molecule is Cl.c1ccc2[nH]nnc2c1. The molecule has 1 aromatic heterocycles. The Morgan fingerprint density at radius 2 is 2.00 bits per heavy atom. The Morgan fingerprint density at radius 1 is 1.20 bits per heavy atom. The monoisotopic (exact) mass is 155 g/mol. The van der Waals surface area contributed by atoms with Gasteiger partial charge in [0.05, 0.1) is 5.52 Å². The summed E-state index contributed by atoms with van der Waals surface area (Å²) in [6.45, 7) is 0. The van der Waals surface area contributed by atoms with Gasteiger partial charge >= 0.3 is 0 Å². The van der Waals surface area contributed by atoms with Gasteiger partial charge in [-0.1, -0.05) is 17.3 Å². The Bertz CT molecular complexity index is 287. The van der Waals surface area contributed by atoms with Crippen LogP contribution in [0.15, 0.2) is 24.3 Å². The maximum Gasteiger partial charge on any atom is 0.112 e. The summed E-state index contributed by atoms with van der Waals surface area (Å²) in [5, 5.41) is 10.2. The molecule has 2 aromatic rings. The number of H-pyrrole nitrogens is 1. The van der Waals surface area contributed by atoms with Crippen LogP contribution in [0.25, 0.3) is 11.0 Å². The third-order valence-electron chi connectivity index (χ3n) is 1.23. The average molecular weight is 156 g/mol. The van der Waals surface area contributed by atoms with Crippen LogP contribution in [-0.2, 0) is 0 Å². The van der Waals surface area contributed by atoms with Crippen LogP contribution in [0.1, 0.15) is 0 Å². The van der Waals surface area contributed by atoms with Gasteiger partial charge in [-0.15, -0.1) is 17.5 Å².